The highest BCUT2D eigenvalue weighted by Gasteiger charge is 2.41. The molecular formula is C14H17IO2S. The van der Waals surface area contributed by atoms with Crippen molar-refractivity contribution in [3.05, 3.63) is 27.8 Å². The van der Waals surface area contributed by atoms with Gasteiger partial charge in [0.15, 0.2) is 0 Å². The van der Waals surface area contributed by atoms with E-state index in [2.05, 4.69) is 34.7 Å². The fourth-order valence-electron chi connectivity index (χ4n) is 2.67. The van der Waals surface area contributed by atoms with E-state index in [1.54, 1.807) is 0 Å². The van der Waals surface area contributed by atoms with Gasteiger partial charge in [-0.15, -0.1) is 0 Å². The van der Waals surface area contributed by atoms with Crippen LogP contribution in [-0.2, 0) is 4.74 Å². The zero-order valence-electron chi connectivity index (χ0n) is 10.2. The Labute approximate surface area is 126 Å². The first kappa shape index (κ1) is 13.1. The standard InChI is InChI=1S/C14H17IO2S/c15-12-3-1-2-4-13(12)17-11-5-7-16-14(9-11)6-8-18-10-14/h1-4,11H,5-10H2. The monoisotopic (exact) mass is 376 g/mol. The highest BCUT2D eigenvalue weighted by molar-refractivity contribution is 14.1. The molecule has 2 fully saturated rings. The van der Waals surface area contributed by atoms with Crippen LogP contribution < -0.4 is 4.74 Å². The van der Waals surface area contributed by atoms with E-state index in [-0.39, 0.29) is 5.60 Å². The van der Waals surface area contributed by atoms with Crippen LogP contribution in [0.4, 0.5) is 0 Å². The average Bonchev–Trinajstić information content (AvgIpc) is 2.80. The molecule has 0 amide bonds. The van der Waals surface area contributed by atoms with Crippen LogP contribution in [0.2, 0.25) is 0 Å². The van der Waals surface area contributed by atoms with Crippen LogP contribution in [0.15, 0.2) is 24.3 Å². The van der Waals surface area contributed by atoms with Crippen molar-refractivity contribution in [1.29, 1.82) is 0 Å². The highest BCUT2D eigenvalue weighted by atomic mass is 127. The third kappa shape index (κ3) is 2.80. The van der Waals surface area contributed by atoms with Gasteiger partial charge in [-0.25, -0.2) is 0 Å². The number of para-hydroxylation sites is 1. The molecule has 98 valence electrons. The number of rotatable bonds is 2. The van der Waals surface area contributed by atoms with Crippen molar-refractivity contribution in [2.75, 3.05) is 18.1 Å². The van der Waals surface area contributed by atoms with Gasteiger partial charge in [-0.2, -0.15) is 11.8 Å². The second-order valence-corrected chi connectivity index (χ2v) is 7.26. The summed E-state index contributed by atoms with van der Waals surface area (Å²) in [7, 11) is 0. The molecule has 2 aliphatic heterocycles. The van der Waals surface area contributed by atoms with Crippen molar-refractivity contribution in [3.63, 3.8) is 0 Å². The first-order valence-electron chi connectivity index (χ1n) is 6.40. The third-order valence-electron chi connectivity index (χ3n) is 3.65. The van der Waals surface area contributed by atoms with E-state index in [0.717, 1.165) is 31.0 Å². The molecule has 2 unspecified atom stereocenters. The first-order valence-corrected chi connectivity index (χ1v) is 8.64. The first-order chi connectivity index (χ1) is 8.77. The predicted octanol–water partition coefficient (Wildman–Crippen LogP) is 3.72. The van der Waals surface area contributed by atoms with Crippen LogP contribution in [-0.4, -0.2) is 29.8 Å². The van der Waals surface area contributed by atoms with Crippen molar-refractivity contribution in [2.24, 2.45) is 0 Å². The zero-order valence-corrected chi connectivity index (χ0v) is 13.2. The Morgan fingerprint density at radius 2 is 2.28 bits per heavy atom. The largest absolute Gasteiger partial charge is 0.489 e. The van der Waals surface area contributed by atoms with Crippen LogP contribution >= 0.6 is 34.4 Å². The molecule has 1 spiro atoms. The average molecular weight is 376 g/mol. The second-order valence-electron chi connectivity index (χ2n) is 5.00. The lowest BCUT2D eigenvalue weighted by atomic mass is 9.91. The summed E-state index contributed by atoms with van der Waals surface area (Å²) in [6.07, 6.45) is 3.56. The molecule has 0 bridgehead atoms. The summed E-state index contributed by atoms with van der Waals surface area (Å²) in [6.45, 7) is 0.842. The van der Waals surface area contributed by atoms with Gasteiger partial charge in [0.25, 0.3) is 0 Å². The Balaban J connectivity index is 1.68. The van der Waals surface area contributed by atoms with Gasteiger partial charge >= 0.3 is 0 Å². The lowest BCUT2D eigenvalue weighted by Crippen LogP contribution is -2.43. The van der Waals surface area contributed by atoms with E-state index in [9.17, 15) is 0 Å². The smallest absolute Gasteiger partial charge is 0.133 e. The third-order valence-corrected chi connectivity index (χ3v) is 5.76. The summed E-state index contributed by atoms with van der Waals surface area (Å²) in [5.74, 6) is 3.39. The fourth-order valence-corrected chi connectivity index (χ4v) is 4.56. The van der Waals surface area contributed by atoms with Crippen molar-refractivity contribution in [2.45, 2.75) is 31.0 Å². The van der Waals surface area contributed by atoms with Crippen LogP contribution in [0.5, 0.6) is 5.75 Å². The molecular weight excluding hydrogens is 359 g/mol. The maximum Gasteiger partial charge on any atom is 0.133 e. The van der Waals surface area contributed by atoms with E-state index in [1.807, 2.05) is 23.9 Å². The normalized spacial score (nSPS) is 31.7. The van der Waals surface area contributed by atoms with Gasteiger partial charge in [-0.3, -0.25) is 0 Å². The number of halogens is 1. The van der Waals surface area contributed by atoms with E-state index < -0.39 is 0 Å². The fraction of sp³-hybridized carbons (Fsp3) is 0.571. The number of thioether (sulfide) groups is 1. The zero-order chi connectivity index (χ0) is 12.4. The molecule has 4 heteroatoms. The molecule has 1 aromatic carbocycles. The van der Waals surface area contributed by atoms with Crippen LogP contribution in [0.3, 0.4) is 0 Å². The predicted molar refractivity (Wildman–Crippen MR) is 83.4 cm³/mol. The lowest BCUT2D eigenvalue weighted by molar-refractivity contribution is -0.0960. The minimum absolute atomic E-state index is 0.105. The van der Waals surface area contributed by atoms with Gasteiger partial charge < -0.3 is 9.47 Å². The summed E-state index contributed by atoms with van der Waals surface area (Å²) in [5, 5.41) is 0. The number of benzene rings is 1. The molecule has 2 heterocycles. The maximum absolute atomic E-state index is 6.18. The molecule has 2 atom stereocenters. The molecule has 2 nitrogen and oxygen atoms in total. The van der Waals surface area contributed by atoms with Crippen LogP contribution in [0, 0.1) is 3.57 Å². The molecule has 0 N–H and O–H groups in total. The van der Waals surface area contributed by atoms with Gasteiger partial charge in [0.05, 0.1) is 15.8 Å². The summed E-state index contributed by atoms with van der Waals surface area (Å²) in [5.41, 5.74) is 0.105. The Morgan fingerprint density at radius 3 is 3.06 bits per heavy atom. The van der Waals surface area contributed by atoms with E-state index in [1.165, 1.54) is 15.7 Å². The minimum Gasteiger partial charge on any atom is -0.489 e. The lowest BCUT2D eigenvalue weighted by Gasteiger charge is -2.37. The van der Waals surface area contributed by atoms with Crippen molar-refractivity contribution >= 4 is 34.4 Å². The molecule has 0 aliphatic carbocycles. The van der Waals surface area contributed by atoms with Crippen molar-refractivity contribution in [3.8, 4) is 5.75 Å². The van der Waals surface area contributed by atoms with Gasteiger partial charge in [-0.1, -0.05) is 12.1 Å². The number of ether oxygens (including phenoxy) is 2. The molecule has 0 saturated carbocycles. The highest BCUT2D eigenvalue weighted by Crippen LogP contribution is 2.39. The van der Waals surface area contributed by atoms with Gasteiger partial charge in [0.2, 0.25) is 0 Å². The molecule has 3 rings (SSSR count). The maximum atomic E-state index is 6.18. The Morgan fingerprint density at radius 1 is 1.39 bits per heavy atom. The molecule has 2 aliphatic rings. The second kappa shape index (κ2) is 5.59. The van der Waals surface area contributed by atoms with Crippen molar-refractivity contribution in [1.82, 2.24) is 0 Å². The molecule has 0 aromatic heterocycles. The van der Waals surface area contributed by atoms with Gasteiger partial charge in [0.1, 0.15) is 11.9 Å². The summed E-state index contributed by atoms with van der Waals surface area (Å²) < 4.78 is 13.4. The summed E-state index contributed by atoms with van der Waals surface area (Å²) in [4.78, 5) is 0. The Kier molecular flexibility index (Phi) is 4.06. The van der Waals surface area contributed by atoms with E-state index >= 15 is 0 Å². The summed E-state index contributed by atoms with van der Waals surface area (Å²) >= 11 is 4.34. The van der Waals surface area contributed by atoms with E-state index in [0.29, 0.717) is 6.10 Å². The Hall–Kier alpha value is 0.0600. The number of hydrogen-bond acceptors (Lipinski definition) is 3. The minimum atomic E-state index is 0.105. The molecule has 1 aromatic rings. The van der Waals surface area contributed by atoms with E-state index in [4.69, 9.17) is 9.47 Å². The topological polar surface area (TPSA) is 18.5 Å². The SMILES string of the molecule is Ic1ccccc1OC1CCOC2(CCSC2)C1. The van der Waals surface area contributed by atoms with Crippen LogP contribution in [0.1, 0.15) is 19.3 Å². The van der Waals surface area contributed by atoms with Gasteiger partial charge in [-0.05, 0) is 46.9 Å². The number of hydrogen-bond donors (Lipinski definition) is 0. The van der Waals surface area contributed by atoms with Crippen molar-refractivity contribution < 1.29 is 9.47 Å². The molecule has 18 heavy (non-hydrogen) atoms. The Bertz CT molecular complexity index is 418. The van der Waals surface area contributed by atoms with Crippen LogP contribution in [0.25, 0.3) is 0 Å². The summed E-state index contributed by atoms with van der Waals surface area (Å²) in [6, 6.07) is 8.25. The molecule has 0 radical (unpaired) electrons. The quantitative estimate of drug-likeness (QED) is 0.733. The van der Waals surface area contributed by atoms with Gasteiger partial charge in [0, 0.05) is 18.6 Å². The molecule has 2 saturated heterocycles.